The Kier molecular flexibility index (Phi) is 5.34. The summed E-state index contributed by atoms with van der Waals surface area (Å²) in [5.41, 5.74) is -1.12. The Balaban J connectivity index is 1.92. The summed E-state index contributed by atoms with van der Waals surface area (Å²) in [5, 5.41) is 71.1. The van der Waals surface area contributed by atoms with Crippen molar-refractivity contribution in [2.45, 2.75) is 37.6 Å². The van der Waals surface area contributed by atoms with Crippen LogP contribution in [0.25, 0.3) is 22.3 Å². The highest BCUT2D eigenvalue weighted by Gasteiger charge is 2.44. The zero-order valence-corrected chi connectivity index (χ0v) is 16.5. The molecule has 3 aromatic rings. The molecule has 1 aromatic heterocycles. The zero-order valence-electron chi connectivity index (χ0n) is 16.5. The van der Waals surface area contributed by atoms with Gasteiger partial charge in [-0.05, 0) is 13.0 Å². The molecule has 2 heterocycles. The van der Waals surface area contributed by atoms with Crippen LogP contribution in [0.2, 0.25) is 0 Å². The molecule has 4 rings (SSSR count). The highest BCUT2D eigenvalue weighted by Crippen LogP contribution is 2.38. The van der Waals surface area contributed by atoms with E-state index in [0.717, 1.165) is 24.3 Å². The van der Waals surface area contributed by atoms with Gasteiger partial charge in [-0.1, -0.05) is 17.9 Å². The standard InChI is InChI=1S/C21H20O11/c1-7-15(26)17(28)18(29)21(30-7)32-20-16(27)14-12(25)5-9(22)6-13(14)31-19(20)8-2-3-10(23)11(24)4-8/h2-7,15,17-18,21-26,28-29H,1H3/p-1/t7-,15-,17+,18+,21-/m0/s1. The van der Waals surface area contributed by atoms with Gasteiger partial charge in [-0.25, -0.2) is 0 Å². The Bertz CT molecular complexity index is 1230. The van der Waals surface area contributed by atoms with Gasteiger partial charge in [0.1, 0.15) is 46.5 Å². The van der Waals surface area contributed by atoms with Crippen LogP contribution >= 0.6 is 0 Å². The number of phenolic OH excluding ortho intramolecular Hbond substituents is 3. The van der Waals surface area contributed by atoms with Crippen molar-refractivity contribution < 1.29 is 49.6 Å². The van der Waals surface area contributed by atoms with Gasteiger partial charge in [0.2, 0.25) is 17.5 Å². The van der Waals surface area contributed by atoms with E-state index in [1.165, 1.54) is 13.0 Å². The number of aliphatic hydroxyl groups excluding tert-OH is 3. The third kappa shape index (κ3) is 3.56. The van der Waals surface area contributed by atoms with Gasteiger partial charge in [-0.2, -0.15) is 0 Å². The zero-order chi connectivity index (χ0) is 23.3. The first-order chi connectivity index (χ1) is 15.1. The molecule has 170 valence electrons. The number of fused-ring (bicyclic) bond motifs is 1. The van der Waals surface area contributed by atoms with Crippen LogP contribution in [-0.4, -0.2) is 61.3 Å². The summed E-state index contributed by atoms with van der Waals surface area (Å²) in [6, 6.07) is 5.25. The van der Waals surface area contributed by atoms with Crippen LogP contribution in [0.1, 0.15) is 6.92 Å². The molecule has 11 heteroatoms. The molecule has 0 aliphatic carbocycles. The Morgan fingerprint density at radius 2 is 1.69 bits per heavy atom. The molecule has 0 radical (unpaired) electrons. The predicted octanol–water partition coefficient (Wildman–Crippen LogP) is -0.143. The van der Waals surface area contributed by atoms with Crippen molar-refractivity contribution >= 4 is 11.0 Å². The second kappa shape index (κ2) is 7.88. The smallest absolute Gasteiger partial charge is 0.239 e. The minimum absolute atomic E-state index is 0.0258. The molecule has 32 heavy (non-hydrogen) atoms. The number of phenols is 3. The van der Waals surface area contributed by atoms with E-state index in [2.05, 4.69) is 0 Å². The van der Waals surface area contributed by atoms with Crippen LogP contribution < -0.4 is 15.3 Å². The van der Waals surface area contributed by atoms with Crippen molar-refractivity contribution in [3.8, 4) is 40.1 Å². The summed E-state index contributed by atoms with van der Waals surface area (Å²) < 4.78 is 16.6. The monoisotopic (exact) mass is 447 g/mol. The first-order valence-electron chi connectivity index (χ1n) is 9.48. The normalized spacial score (nSPS) is 25.7. The van der Waals surface area contributed by atoms with Crippen LogP contribution in [-0.2, 0) is 4.74 Å². The molecule has 1 aliphatic rings. The molecular formula is C21H19O11-. The van der Waals surface area contributed by atoms with Crippen LogP contribution in [0.4, 0.5) is 0 Å². The number of aromatic hydroxyl groups is 3. The summed E-state index contributed by atoms with van der Waals surface area (Å²) in [7, 11) is 0. The largest absolute Gasteiger partial charge is 0.870 e. The van der Waals surface area contributed by atoms with E-state index in [0.29, 0.717) is 0 Å². The number of ether oxygens (including phenoxy) is 2. The second-order valence-corrected chi connectivity index (χ2v) is 7.41. The molecular weight excluding hydrogens is 428 g/mol. The molecule has 0 spiro atoms. The molecule has 2 aromatic carbocycles. The number of hydrogen-bond acceptors (Lipinski definition) is 11. The fourth-order valence-electron chi connectivity index (χ4n) is 3.45. The van der Waals surface area contributed by atoms with Crippen molar-refractivity contribution in [2.24, 2.45) is 0 Å². The highest BCUT2D eigenvalue weighted by atomic mass is 16.7. The van der Waals surface area contributed by atoms with Gasteiger partial charge in [0.05, 0.1) is 6.10 Å². The molecule has 0 bridgehead atoms. The number of hydrogen-bond donors (Lipinski definition) is 6. The topological polar surface area (TPSA) is 193 Å². The van der Waals surface area contributed by atoms with E-state index in [1.54, 1.807) is 0 Å². The van der Waals surface area contributed by atoms with Crippen molar-refractivity contribution in [3.63, 3.8) is 0 Å². The molecule has 1 aliphatic heterocycles. The molecule has 1 saturated heterocycles. The number of rotatable bonds is 3. The van der Waals surface area contributed by atoms with Crippen LogP contribution in [0.5, 0.6) is 28.7 Å². The van der Waals surface area contributed by atoms with Crippen LogP contribution in [0.15, 0.2) is 39.5 Å². The maximum absolute atomic E-state index is 13.2. The summed E-state index contributed by atoms with van der Waals surface area (Å²) in [4.78, 5) is 13.2. The Labute approximate surface area is 179 Å². The quantitative estimate of drug-likeness (QED) is 0.313. The summed E-state index contributed by atoms with van der Waals surface area (Å²) >= 11 is 0. The van der Waals surface area contributed by atoms with Crippen molar-refractivity contribution in [3.05, 3.63) is 40.6 Å². The van der Waals surface area contributed by atoms with E-state index in [9.17, 15) is 40.5 Å². The number of benzene rings is 2. The predicted molar refractivity (Wildman–Crippen MR) is 105 cm³/mol. The maximum Gasteiger partial charge on any atom is 0.239 e. The van der Waals surface area contributed by atoms with Gasteiger partial charge in [0.25, 0.3) is 0 Å². The summed E-state index contributed by atoms with van der Waals surface area (Å²) in [6.45, 7) is 1.42. The van der Waals surface area contributed by atoms with E-state index in [-0.39, 0.29) is 22.3 Å². The molecule has 1 fully saturated rings. The fraction of sp³-hybridized carbons (Fsp3) is 0.286. The second-order valence-electron chi connectivity index (χ2n) is 7.41. The van der Waals surface area contributed by atoms with Crippen molar-refractivity contribution in [2.75, 3.05) is 0 Å². The lowest BCUT2D eigenvalue weighted by Crippen LogP contribution is -2.58. The SMILES string of the molecule is C[C@@H]1O[C@@H](Oc2c(-c3ccc([O-])c(O)c3)oc3cc(O)cc(O)c3c2=O)[C@H](O)[C@H](O)[C@H]1O. The molecule has 0 amide bonds. The van der Waals surface area contributed by atoms with Crippen molar-refractivity contribution in [1.29, 1.82) is 0 Å². The van der Waals surface area contributed by atoms with Gasteiger partial charge in [-0.3, -0.25) is 4.79 Å². The van der Waals surface area contributed by atoms with Crippen LogP contribution in [0, 0.1) is 0 Å². The maximum atomic E-state index is 13.2. The average Bonchev–Trinajstić information content (AvgIpc) is 2.73. The Hall–Kier alpha value is -3.51. The minimum Gasteiger partial charge on any atom is -0.870 e. The molecule has 0 unspecified atom stereocenters. The first-order valence-corrected chi connectivity index (χ1v) is 9.48. The third-order valence-electron chi connectivity index (χ3n) is 5.18. The fourth-order valence-corrected chi connectivity index (χ4v) is 3.45. The minimum atomic E-state index is -1.75. The molecule has 0 saturated carbocycles. The number of aliphatic hydroxyl groups is 3. The first kappa shape index (κ1) is 21.7. The lowest BCUT2D eigenvalue weighted by Gasteiger charge is -2.38. The molecule has 11 nitrogen and oxygen atoms in total. The highest BCUT2D eigenvalue weighted by molar-refractivity contribution is 5.88. The van der Waals surface area contributed by atoms with Gasteiger partial charge in [0, 0.05) is 17.7 Å². The van der Waals surface area contributed by atoms with Crippen molar-refractivity contribution in [1.82, 2.24) is 0 Å². The molecule has 6 N–H and O–H groups in total. The van der Waals surface area contributed by atoms with E-state index in [4.69, 9.17) is 13.9 Å². The summed E-state index contributed by atoms with van der Waals surface area (Å²) in [5.74, 6) is -3.23. The lowest BCUT2D eigenvalue weighted by molar-refractivity contribution is -0.270. The Morgan fingerprint density at radius 3 is 2.38 bits per heavy atom. The third-order valence-corrected chi connectivity index (χ3v) is 5.18. The average molecular weight is 447 g/mol. The van der Waals surface area contributed by atoms with Gasteiger partial charge < -0.3 is 49.6 Å². The van der Waals surface area contributed by atoms with E-state index in [1.807, 2.05) is 0 Å². The van der Waals surface area contributed by atoms with Gasteiger partial charge in [0.15, 0.2) is 5.76 Å². The lowest BCUT2D eigenvalue weighted by atomic mass is 10.00. The van der Waals surface area contributed by atoms with Gasteiger partial charge in [-0.15, -0.1) is 0 Å². The van der Waals surface area contributed by atoms with Crippen LogP contribution in [0.3, 0.4) is 0 Å². The Morgan fingerprint density at radius 1 is 0.969 bits per heavy atom. The van der Waals surface area contributed by atoms with Gasteiger partial charge >= 0.3 is 0 Å². The van der Waals surface area contributed by atoms with E-state index < -0.39 is 64.9 Å². The molecule has 5 atom stereocenters. The van der Waals surface area contributed by atoms with E-state index >= 15 is 0 Å². The summed E-state index contributed by atoms with van der Waals surface area (Å²) in [6.07, 6.45) is -7.40.